The Morgan fingerprint density at radius 3 is 2.69 bits per heavy atom. The molecular weight excluding hydrogens is 200 g/mol. The van der Waals surface area contributed by atoms with Crippen molar-refractivity contribution in [1.29, 1.82) is 0 Å². The highest BCUT2D eigenvalue weighted by Gasteiger charge is 2.27. The molecule has 1 amide bonds. The molecule has 86 valence electrons. The number of benzene rings is 1. The Labute approximate surface area is 96.2 Å². The summed E-state index contributed by atoms with van der Waals surface area (Å²) in [6, 6.07) is 8.37. The van der Waals surface area contributed by atoms with Gasteiger partial charge < -0.3 is 10.6 Å². The average molecular weight is 218 g/mol. The van der Waals surface area contributed by atoms with Gasteiger partial charge in [-0.1, -0.05) is 6.07 Å². The second-order valence-electron chi connectivity index (χ2n) is 4.53. The van der Waals surface area contributed by atoms with Crippen LogP contribution in [-0.2, 0) is 4.79 Å². The molecule has 2 N–H and O–H groups in total. The Kier molecular flexibility index (Phi) is 3.13. The summed E-state index contributed by atoms with van der Waals surface area (Å²) >= 11 is 0. The van der Waals surface area contributed by atoms with Crippen molar-refractivity contribution >= 4 is 17.3 Å². The van der Waals surface area contributed by atoms with Crippen molar-refractivity contribution in [2.45, 2.75) is 32.7 Å². The molecule has 3 heteroatoms. The third-order valence-electron chi connectivity index (χ3n) is 2.91. The molecule has 0 heterocycles. The zero-order valence-corrected chi connectivity index (χ0v) is 9.79. The van der Waals surface area contributed by atoms with Crippen molar-refractivity contribution in [2.75, 3.05) is 10.6 Å². The predicted molar refractivity (Wildman–Crippen MR) is 66.6 cm³/mol. The van der Waals surface area contributed by atoms with Gasteiger partial charge in [0.2, 0.25) is 5.91 Å². The molecule has 0 aromatic heterocycles. The van der Waals surface area contributed by atoms with Crippen LogP contribution >= 0.6 is 0 Å². The maximum atomic E-state index is 10.9. The van der Waals surface area contributed by atoms with E-state index in [1.54, 1.807) is 0 Å². The minimum Gasteiger partial charge on any atom is -0.382 e. The van der Waals surface area contributed by atoms with Gasteiger partial charge in [0.25, 0.3) is 0 Å². The first-order valence-corrected chi connectivity index (χ1v) is 5.79. The maximum absolute atomic E-state index is 10.9. The van der Waals surface area contributed by atoms with Gasteiger partial charge in [0.15, 0.2) is 0 Å². The van der Waals surface area contributed by atoms with Gasteiger partial charge in [0, 0.05) is 24.3 Å². The zero-order chi connectivity index (χ0) is 11.5. The van der Waals surface area contributed by atoms with Crippen molar-refractivity contribution in [3.63, 3.8) is 0 Å². The van der Waals surface area contributed by atoms with Crippen molar-refractivity contribution in [3.05, 3.63) is 24.3 Å². The van der Waals surface area contributed by atoms with Crippen LogP contribution in [0.1, 0.15) is 26.7 Å². The molecule has 1 aliphatic carbocycles. The van der Waals surface area contributed by atoms with Gasteiger partial charge in [-0.15, -0.1) is 0 Å². The molecule has 0 radical (unpaired) electrons. The third-order valence-corrected chi connectivity index (χ3v) is 2.91. The Bertz CT molecular complexity index is 385. The minimum atomic E-state index is -0.0348. The van der Waals surface area contributed by atoms with Crippen LogP contribution in [0, 0.1) is 5.92 Å². The molecule has 1 fully saturated rings. The quantitative estimate of drug-likeness (QED) is 0.816. The number of hydrogen-bond acceptors (Lipinski definition) is 2. The lowest BCUT2D eigenvalue weighted by molar-refractivity contribution is -0.114. The van der Waals surface area contributed by atoms with Crippen LogP contribution in [0.4, 0.5) is 11.4 Å². The first-order valence-electron chi connectivity index (χ1n) is 5.79. The average Bonchev–Trinajstić information content (AvgIpc) is 2.99. The van der Waals surface area contributed by atoms with Gasteiger partial charge >= 0.3 is 0 Å². The molecule has 3 nitrogen and oxygen atoms in total. The number of hydrogen-bond donors (Lipinski definition) is 2. The lowest BCUT2D eigenvalue weighted by Gasteiger charge is -2.15. The molecule has 0 spiro atoms. The van der Waals surface area contributed by atoms with E-state index in [4.69, 9.17) is 0 Å². The Hall–Kier alpha value is -1.51. The highest BCUT2D eigenvalue weighted by Crippen LogP contribution is 2.34. The van der Waals surface area contributed by atoms with E-state index in [2.05, 4.69) is 17.6 Å². The molecule has 0 aliphatic heterocycles. The molecule has 1 aromatic carbocycles. The van der Waals surface area contributed by atoms with Crippen molar-refractivity contribution in [3.8, 4) is 0 Å². The second-order valence-corrected chi connectivity index (χ2v) is 4.53. The Balaban J connectivity index is 2.00. The summed E-state index contributed by atoms with van der Waals surface area (Å²) < 4.78 is 0. The van der Waals surface area contributed by atoms with Crippen molar-refractivity contribution in [1.82, 2.24) is 0 Å². The minimum absolute atomic E-state index is 0.0348. The standard InChI is InChI=1S/C13H18N2O/c1-9(11-6-7-11)14-12-4-3-5-13(8-12)15-10(2)16/h3-5,8-9,11,14H,6-7H2,1-2H3,(H,15,16). The van der Waals surface area contributed by atoms with E-state index in [9.17, 15) is 4.79 Å². The first kappa shape index (κ1) is 11.0. The molecule has 1 unspecified atom stereocenters. The van der Waals surface area contributed by atoms with Gasteiger partial charge in [0.05, 0.1) is 0 Å². The summed E-state index contributed by atoms with van der Waals surface area (Å²) in [7, 11) is 0. The summed E-state index contributed by atoms with van der Waals surface area (Å²) in [5, 5.41) is 6.25. The van der Waals surface area contributed by atoms with E-state index in [0.717, 1.165) is 17.3 Å². The number of amides is 1. The van der Waals surface area contributed by atoms with E-state index in [0.29, 0.717) is 6.04 Å². The molecular formula is C13H18N2O. The largest absolute Gasteiger partial charge is 0.382 e. The second kappa shape index (κ2) is 4.56. The fourth-order valence-corrected chi connectivity index (χ4v) is 1.87. The van der Waals surface area contributed by atoms with E-state index < -0.39 is 0 Å². The number of nitrogens with one attached hydrogen (secondary N) is 2. The summed E-state index contributed by atoms with van der Waals surface area (Å²) in [5.41, 5.74) is 1.92. The van der Waals surface area contributed by atoms with Crippen LogP contribution in [0.25, 0.3) is 0 Å². The van der Waals surface area contributed by atoms with E-state index in [-0.39, 0.29) is 5.91 Å². The molecule has 1 saturated carbocycles. The molecule has 1 aliphatic rings. The molecule has 1 atom stereocenters. The summed E-state index contributed by atoms with van der Waals surface area (Å²) in [4.78, 5) is 10.9. The van der Waals surface area contributed by atoms with E-state index >= 15 is 0 Å². The van der Waals surface area contributed by atoms with Crippen LogP contribution in [0.5, 0.6) is 0 Å². The lowest BCUT2D eigenvalue weighted by atomic mass is 10.2. The van der Waals surface area contributed by atoms with Crippen molar-refractivity contribution in [2.24, 2.45) is 5.92 Å². The molecule has 1 aromatic rings. The number of rotatable bonds is 4. The summed E-state index contributed by atoms with van der Waals surface area (Å²) in [5.74, 6) is 0.789. The molecule has 2 rings (SSSR count). The van der Waals surface area contributed by atoms with E-state index in [1.165, 1.54) is 19.8 Å². The van der Waals surface area contributed by atoms with Gasteiger partial charge in [0.1, 0.15) is 0 Å². The van der Waals surface area contributed by atoms with E-state index in [1.807, 2.05) is 24.3 Å². The van der Waals surface area contributed by atoms with Gasteiger partial charge in [-0.05, 0) is 43.9 Å². The number of anilines is 2. The highest BCUT2D eigenvalue weighted by molar-refractivity contribution is 5.89. The van der Waals surface area contributed by atoms with Gasteiger partial charge in [-0.25, -0.2) is 0 Å². The predicted octanol–water partition coefficient (Wildman–Crippen LogP) is 2.86. The first-order chi connectivity index (χ1) is 7.65. The van der Waals surface area contributed by atoms with Gasteiger partial charge in [-0.3, -0.25) is 4.79 Å². The fraction of sp³-hybridized carbons (Fsp3) is 0.462. The van der Waals surface area contributed by atoms with Crippen molar-refractivity contribution < 1.29 is 4.79 Å². The van der Waals surface area contributed by atoms with Crippen LogP contribution < -0.4 is 10.6 Å². The fourth-order valence-electron chi connectivity index (χ4n) is 1.87. The lowest BCUT2D eigenvalue weighted by Crippen LogP contribution is -2.17. The van der Waals surface area contributed by atoms with Gasteiger partial charge in [-0.2, -0.15) is 0 Å². The molecule has 0 bridgehead atoms. The smallest absolute Gasteiger partial charge is 0.221 e. The topological polar surface area (TPSA) is 41.1 Å². The Morgan fingerprint density at radius 2 is 2.06 bits per heavy atom. The highest BCUT2D eigenvalue weighted by atomic mass is 16.1. The summed E-state index contributed by atoms with van der Waals surface area (Å²) in [6.07, 6.45) is 2.67. The van der Waals surface area contributed by atoms with Crippen LogP contribution in [-0.4, -0.2) is 11.9 Å². The van der Waals surface area contributed by atoms with Crippen LogP contribution in [0.3, 0.4) is 0 Å². The third kappa shape index (κ3) is 2.99. The van der Waals surface area contributed by atoms with Crippen LogP contribution in [0.2, 0.25) is 0 Å². The van der Waals surface area contributed by atoms with Crippen LogP contribution in [0.15, 0.2) is 24.3 Å². The Morgan fingerprint density at radius 1 is 1.38 bits per heavy atom. The zero-order valence-electron chi connectivity index (χ0n) is 9.79. The maximum Gasteiger partial charge on any atom is 0.221 e. The number of carbonyl (C=O) groups is 1. The number of carbonyl (C=O) groups excluding carboxylic acids is 1. The summed E-state index contributed by atoms with van der Waals surface area (Å²) in [6.45, 7) is 3.73. The monoisotopic (exact) mass is 218 g/mol. The SMILES string of the molecule is CC(=O)Nc1cccc(NC(C)C2CC2)c1. The molecule has 16 heavy (non-hydrogen) atoms. The normalized spacial score (nSPS) is 16.6. The molecule has 0 saturated heterocycles.